The van der Waals surface area contributed by atoms with Gasteiger partial charge in [0.05, 0.1) is 21.9 Å². The van der Waals surface area contributed by atoms with Crippen LogP contribution >= 0.6 is 11.3 Å². The van der Waals surface area contributed by atoms with E-state index in [1.54, 1.807) is 0 Å². The number of anilines is 1. The number of carbonyl (C=O) groups excluding carboxylic acids is 2. The van der Waals surface area contributed by atoms with Crippen LogP contribution in [0.5, 0.6) is 0 Å². The SMILES string of the molecule is Cc1cc(NC(=O)c2ccc(C(F)(F)C(=O)NC(C)(C)CO)s2)ccc1F. The van der Waals surface area contributed by atoms with Crippen molar-refractivity contribution < 1.29 is 27.9 Å². The second kappa shape index (κ2) is 7.69. The first-order valence-corrected chi connectivity index (χ1v) is 8.77. The molecule has 1 heterocycles. The molecule has 0 saturated carbocycles. The van der Waals surface area contributed by atoms with Crippen LogP contribution in [0.2, 0.25) is 0 Å². The maximum Gasteiger partial charge on any atom is 0.358 e. The molecule has 1 aromatic carbocycles. The largest absolute Gasteiger partial charge is 0.394 e. The van der Waals surface area contributed by atoms with Crippen molar-refractivity contribution in [2.45, 2.75) is 32.2 Å². The molecule has 0 unspecified atom stereocenters. The smallest absolute Gasteiger partial charge is 0.358 e. The van der Waals surface area contributed by atoms with Gasteiger partial charge in [0.1, 0.15) is 5.82 Å². The minimum absolute atomic E-state index is 0.0270. The maximum absolute atomic E-state index is 14.4. The summed E-state index contributed by atoms with van der Waals surface area (Å²) < 4.78 is 42.0. The van der Waals surface area contributed by atoms with Gasteiger partial charge in [0.15, 0.2) is 0 Å². The molecule has 146 valence electrons. The third kappa shape index (κ3) is 4.86. The summed E-state index contributed by atoms with van der Waals surface area (Å²) in [6.45, 7) is 3.82. The second-order valence-corrected chi connectivity index (χ2v) is 7.74. The summed E-state index contributed by atoms with van der Waals surface area (Å²) in [4.78, 5) is 23.5. The average molecular weight is 400 g/mol. The van der Waals surface area contributed by atoms with Gasteiger partial charge in [-0.15, -0.1) is 11.3 Å². The van der Waals surface area contributed by atoms with Gasteiger partial charge in [0.25, 0.3) is 11.8 Å². The van der Waals surface area contributed by atoms with E-state index in [9.17, 15) is 22.8 Å². The summed E-state index contributed by atoms with van der Waals surface area (Å²) in [7, 11) is 0. The van der Waals surface area contributed by atoms with Gasteiger partial charge in [0.2, 0.25) is 0 Å². The van der Waals surface area contributed by atoms with E-state index in [2.05, 4.69) is 10.6 Å². The number of hydrogen-bond acceptors (Lipinski definition) is 4. The van der Waals surface area contributed by atoms with Gasteiger partial charge in [-0.3, -0.25) is 9.59 Å². The van der Waals surface area contributed by atoms with Crippen molar-refractivity contribution in [3.8, 4) is 0 Å². The van der Waals surface area contributed by atoms with Crippen LogP contribution in [0.25, 0.3) is 0 Å². The van der Waals surface area contributed by atoms with Crippen molar-refractivity contribution in [2.75, 3.05) is 11.9 Å². The normalized spacial score (nSPS) is 12.0. The van der Waals surface area contributed by atoms with Gasteiger partial charge in [-0.05, 0) is 56.7 Å². The van der Waals surface area contributed by atoms with Crippen molar-refractivity contribution in [2.24, 2.45) is 0 Å². The fourth-order valence-corrected chi connectivity index (χ4v) is 2.95. The zero-order chi connectivity index (χ0) is 20.4. The van der Waals surface area contributed by atoms with Crippen molar-refractivity contribution >= 4 is 28.8 Å². The van der Waals surface area contributed by atoms with Gasteiger partial charge in [-0.25, -0.2) is 4.39 Å². The molecule has 9 heteroatoms. The lowest BCUT2D eigenvalue weighted by atomic mass is 10.1. The predicted octanol–water partition coefficient (Wildman–Crippen LogP) is 3.43. The number of amides is 2. The Kier molecular flexibility index (Phi) is 5.96. The summed E-state index contributed by atoms with van der Waals surface area (Å²) in [6.07, 6.45) is 0. The molecule has 1 aromatic heterocycles. The van der Waals surface area contributed by atoms with Gasteiger partial charge in [-0.2, -0.15) is 8.78 Å². The molecule has 2 aromatic rings. The fraction of sp³-hybridized carbons (Fsp3) is 0.333. The van der Waals surface area contributed by atoms with Crippen LogP contribution in [0.15, 0.2) is 30.3 Å². The Balaban J connectivity index is 2.15. The van der Waals surface area contributed by atoms with Crippen LogP contribution in [0.3, 0.4) is 0 Å². The predicted molar refractivity (Wildman–Crippen MR) is 96.6 cm³/mol. The summed E-state index contributed by atoms with van der Waals surface area (Å²) >= 11 is 0.477. The molecule has 3 N–H and O–H groups in total. The Bertz CT molecular complexity index is 865. The van der Waals surface area contributed by atoms with Crippen LogP contribution in [0.1, 0.15) is 34.0 Å². The lowest BCUT2D eigenvalue weighted by molar-refractivity contribution is -0.148. The topological polar surface area (TPSA) is 78.4 Å². The molecule has 5 nitrogen and oxygen atoms in total. The molecule has 0 aliphatic heterocycles. The number of nitrogens with one attached hydrogen (secondary N) is 2. The highest BCUT2D eigenvalue weighted by atomic mass is 32.1. The molecule has 0 bridgehead atoms. The highest BCUT2D eigenvalue weighted by molar-refractivity contribution is 7.14. The number of benzene rings is 1. The van der Waals surface area contributed by atoms with Gasteiger partial charge >= 0.3 is 5.92 Å². The van der Waals surface area contributed by atoms with Gasteiger partial charge < -0.3 is 15.7 Å². The van der Waals surface area contributed by atoms with Crippen molar-refractivity contribution in [1.82, 2.24) is 5.32 Å². The summed E-state index contributed by atoms with van der Waals surface area (Å²) in [5.74, 6) is -6.50. The third-order valence-corrected chi connectivity index (χ3v) is 4.84. The van der Waals surface area contributed by atoms with E-state index in [4.69, 9.17) is 5.11 Å². The molecule has 0 atom stereocenters. The van der Waals surface area contributed by atoms with Crippen molar-refractivity contribution in [3.05, 3.63) is 51.5 Å². The highest BCUT2D eigenvalue weighted by Gasteiger charge is 2.44. The number of thiophene rings is 1. The first-order chi connectivity index (χ1) is 12.5. The molecule has 0 radical (unpaired) electrons. The molecule has 2 amide bonds. The number of carbonyl (C=O) groups is 2. The number of hydrogen-bond donors (Lipinski definition) is 3. The van der Waals surface area contributed by atoms with Gasteiger partial charge in [-0.1, -0.05) is 0 Å². The van der Waals surface area contributed by atoms with Crippen LogP contribution in [-0.2, 0) is 10.7 Å². The highest BCUT2D eigenvalue weighted by Crippen LogP contribution is 2.34. The molecule has 27 heavy (non-hydrogen) atoms. The van der Waals surface area contributed by atoms with E-state index in [0.717, 1.165) is 6.07 Å². The summed E-state index contributed by atoms with van der Waals surface area (Å²) in [6, 6.07) is 6.14. The van der Waals surface area contributed by atoms with E-state index >= 15 is 0 Å². The van der Waals surface area contributed by atoms with E-state index in [-0.39, 0.29) is 4.88 Å². The summed E-state index contributed by atoms with van der Waals surface area (Å²) in [5, 5.41) is 13.7. The van der Waals surface area contributed by atoms with E-state index < -0.39 is 40.6 Å². The molecule has 0 aliphatic rings. The van der Waals surface area contributed by atoms with E-state index in [1.807, 2.05) is 0 Å². The van der Waals surface area contributed by atoms with Crippen LogP contribution < -0.4 is 10.6 Å². The van der Waals surface area contributed by atoms with Crippen LogP contribution in [0.4, 0.5) is 18.9 Å². The monoisotopic (exact) mass is 400 g/mol. The maximum atomic E-state index is 14.4. The molecular weight excluding hydrogens is 381 g/mol. The minimum Gasteiger partial charge on any atom is -0.394 e. The Morgan fingerprint density at radius 3 is 2.44 bits per heavy atom. The second-order valence-electron chi connectivity index (χ2n) is 6.65. The number of halogens is 3. The third-order valence-electron chi connectivity index (χ3n) is 3.69. The first-order valence-electron chi connectivity index (χ1n) is 7.95. The number of alkyl halides is 2. The fourth-order valence-electron chi connectivity index (χ4n) is 2.08. The standard InChI is InChI=1S/C18H19F3N2O3S/c1-10-8-11(4-5-12(10)19)22-15(25)13-6-7-14(27-13)18(20,21)16(26)23-17(2,3)9-24/h4-8,24H,9H2,1-3H3,(H,22,25)(H,23,26). The van der Waals surface area contributed by atoms with Crippen LogP contribution in [0, 0.1) is 12.7 Å². The minimum atomic E-state index is -3.86. The molecule has 0 aliphatic carbocycles. The molecule has 0 fully saturated rings. The molecule has 2 rings (SSSR count). The van der Waals surface area contributed by atoms with Crippen LogP contribution in [-0.4, -0.2) is 29.1 Å². The number of rotatable bonds is 6. The van der Waals surface area contributed by atoms with Crippen molar-refractivity contribution in [3.63, 3.8) is 0 Å². The first kappa shape index (κ1) is 20.9. The number of aryl methyl sites for hydroxylation is 1. The molecular formula is C18H19F3N2O3S. The number of aliphatic hydroxyl groups is 1. The molecule has 0 saturated heterocycles. The lowest BCUT2D eigenvalue weighted by Gasteiger charge is -2.26. The van der Waals surface area contributed by atoms with E-state index in [0.29, 0.717) is 22.6 Å². The Morgan fingerprint density at radius 1 is 1.19 bits per heavy atom. The zero-order valence-corrected chi connectivity index (χ0v) is 15.7. The average Bonchev–Trinajstić information content (AvgIpc) is 3.09. The Hall–Kier alpha value is -2.39. The Labute approximate surface area is 158 Å². The molecule has 0 spiro atoms. The summed E-state index contributed by atoms with van der Waals surface area (Å²) in [5.41, 5.74) is -0.560. The van der Waals surface area contributed by atoms with Gasteiger partial charge in [0, 0.05) is 5.69 Å². The lowest BCUT2D eigenvalue weighted by Crippen LogP contribution is -2.51. The van der Waals surface area contributed by atoms with E-state index in [1.165, 1.54) is 45.0 Å². The van der Waals surface area contributed by atoms with Crippen molar-refractivity contribution in [1.29, 1.82) is 0 Å². The Morgan fingerprint density at radius 2 is 1.85 bits per heavy atom. The quantitative estimate of drug-likeness (QED) is 0.695. The number of aliphatic hydroxyl groups excluding tert-OH is 1. The zero-order valence-electron chi connectivity index (χ0n) is 14.9.